The Labute approximate surface area is 122 Å². The Hall–Kier alpha value is -1.35. The minimum atomic E-state index is -0.160. The third-order valence-electron chi connectivity index (χ3n) is 4.30. The number of nitrogens with one attached hydrogen (secondary N) is 2. The standard InChI is InChI=1S/C17H26N2O/c1-13(15-9-5-3-6-10-15)18-14(2)17(20)19-16-11-7-4-8-12-16/h4,7-8,11-15,18H,3,5-6,9-10H2,1-2H3,(H,19,20)/t13-,14?/m0/s1. The predicted molar refractivity (Wildman–Crippen MR) is 83.7 cm³/mol. The van der Waals surface area contributed by atoms with E-state index >= 15 is 0 Å². The van der Waals surface area contributed by atoms with Gasteiger partial charge in [0, 0.05) is 11.7 Å². The third kappa shape index (κ3) is 4.34. The van der Waals surface area contributed by atoms with Gasteiger partial charge >= 0.3 is 0 Å². The molecule has 0 spiro atoms. The van der Waals surface area contributed by atoms with E-state index in [9.17, 15) is 4.79 Å². The first-order chi connectivity index (χ1) is 9.66. The Balaban J connectivity index is 1.81. The van der Waals surface area contributed by atoms with Crippen LogP contribution in [0.3, 0.4) is 0 Å². The summed E-state index contributed by atoms with van der Waals surface area (Å²) in [6, 6.07) is 9.88. The molecule has 1 saturated carbocycles. The van der Waals surface area contributed by atoms with Gasteiger partial charge in [0.2, 0.25) is 5.91 Å². The average Bonchev–Trinajstić information content (AvgIpc) is 2.49. The number of benzene rings is 1. The zero-order valence-electron chi connectivity index (χ0n) is 12.6. The molecule has 1 aliphatic rings. The smallest absolute Gasteiger partial charge is 0.241 e. The van der Waals surface area contributed by atoms with Crippen LogP contribution in [0.25, 0.3) is 0 Å². The molecule has 2 atom stereocenters. The van der Waals surface area contributed by atoms with E-state index in [4.69, 9.17) is 0 Å². The highest BCUT2D eigenvalue weighted by molar-refractivity contribution is 5.94. The average molecular weight is 274 g/mol. The number of hydrogen-bond donors (Lipinski definition) is 2. The Morgan fingerprint density at radius 2 is 1.75 bits per heavy atom. The van der Waals surface area contributed by atoms with Gasteiger partial charge in [-0.25, -0.2) is 0 Å². The van der Waals surface area contributed by atoms with Gasteiger partial charge in [0.05, 0.1) is 6.04 Å². The highest BCUT2D eigenvalue weighted by atomic mass is 16.2. The van der Waals surface area contributed by atoms with Gasteiger partial charge in [-0.15, -0.1) is 0 Å². The summed E-state index contributed by atoms with van der Waals surface area (Å²) in [5.74, 6) is 0.759. The Morgan fingerprint density at radius 3 is 2.40 bits per heavy atom. The minimum absolute atomic E-state index is 0.0406. The Kier molecular flexibility index (Phi) is 5.60. The summed E-state index contributed by atoms with van der Waals surface area (Å²) in [6.07, 6.45) is 6.62. The van der Waals surface area contributed by atoms with Gasteiger partial charge in [-0.3, -0.25) is 4.79 Å². The zero-order valence-corrected chi connectivity index (χ0v) is 12.6. The molecule has 0 aliphatic heterocycles. The van der Waals surface area contributed by atoms with Gasteiger partial charge in [0.15, 0.2) is 0 Å². The van der Waals surface area contributed by atoms with Crippen LogP contribution in [0, 0.1) is 5.92 Å². The number of carbonyl (C=O) groups is 1. The van der Waals surface area contributed by atoms with Crippen LogP contribution in [0.2, 0.25) is 0 Å². The predicted octanol–water partition coefficient (Wildman–Crippen LogP) is 3.57. The number of hydrogen-bond acceptors (Lipinski definition) is 2. The fourth-order valence-electron chi connectivity index (χ4n) is 3.01. The van der Waals surface area contributed by atoms with Crippen LogP contribution in [0.15, 0.2) is 30.3 Å². The van der Waals surface area contributed by atoms with Crippen molar-refractivity contribution in [2.45, 2.75) is 58.0 Å². The number of para-hydroxylation sites is 1. The van der Waals surface area contributed by atoms with Crippen LogP contribution >= 0.6 is 0 Å². The summed E-state index contributed by atoms with van der Waals surface area (Å²) in [7, 11) is 0. The van der Waals surface area contributed by atoms with Gasteiger partial charge in [-0.2, -0.15) is 0 Å². The molecule has 1 aromatic rings. The molecule has 2 rings (SSSR count). The number of anilines is 1. The SMILES string of the molecule is CC(N[C@@H](C)C1CCCCC1)C(=O)Nc1ccccc1. The van der Waals surface area contributed by atoms with Gasteiger partial charge < -0.3 is 10.6 Å². The van der Waals surface area contributed by atoms with E-state index in [1.165, 1.54) is 32.1 Å². The largest absolute Gasteiger partial charge is 0.325 e. The molecule has 0 radical (unpaired) electrons. The Bertz CT molecular complexity index is 412. The molecule has 2 N–H and O–H groups in total. The fourth-order valence-corrected chi connectivity index (χ4v) is 3.01. The summed E-state index contributed by atoms with van der Waals surface area (Å²) >= 11 is 0. The lowest BCUT2D eigenvalue weighted by atomic mass is 9.84. The maximum Gasteiger partial charge on any atom is 0.241 e. The first-order valence-electron chi connectivity index (χ1n) is 7.79. The highest BCUT2D eigenvalue weighted by Crippen LogP contribution is 2.26. The van der Waals surface area contributed by atoms with Crippen molar-refractivity contribution < 1.29 is 4.79 Å². The summed E-state index contributed by atoms with van der Waals surface area (Å²) in [5.41, 5.74) is 0.858. The van der Waals surface area contributed by atoms with Crippen LogP contribution < -0.4 is 10.6 Å². The van der Waals surface area contributed by atoms with Crippen LogP contribution in [0.1, 0.15) is 46.0 Å². The molecule has 1 amide bonds. The molecule has 0 saturated heterocycles. The molecule has 1 aliphatic carbocycles. The molecule has 0 bridgehead atoms. The summed E-state index contributed by atoms with van der Waals surface area (Å²) in [4.78, 5) is 12.2. The lowest BCUT2D eigenvalue weighted by Gasteiger charge is -2.30. The molecular weight excluding hydrogens is 248 g/mol. The second-order valence-corrected chi connectivity index (χ2v) is 5.93. The lowest BCUT2D eigenvalue weighted by molar-refractivity contribution is -0.118. The highest BCUT2D eigenvalue weighted by Gasteiger charge is 2.23. The molecule has 0 aromatic heterocycles. The topological polar surface area (TPSA) is 41.1 Å². The van der Waals surface area contributed by atoms with Crippen molar-refractivity contribution in [3.63, 3.8) is 0 Å². The lowest BCUT2D eigenvalue weighted by Crippen LogP contribution is -2.46. The van der Waals surface area contributed by atoms with Crippen LogP contribution in [-0.4, -0.2) is 18.0 Å². The van der Waals surface area contributed by atoms with Crippen LogP contribution in [-0.2, 0) is 4.79 Å². The summed E-state index contributed by atoms with van der Waals surface area (Å²) in [5, 5.41) is 6.41. The summed E-state index contributed by atoms with van der Waals surface area (Å²) in [6.45, 7) is 4.15. The first-order valence-corrected chi connectivity index (χ1v) is 7.79. The van der Waals surface area contributed by atoms with E-state index in [1.54, 1.807) is 0 Å². The molecule has 1 unspecified atom stereocenters. The van der Waals surface area contributed by atoms with Gasteiger partial charge in [-0.05, 0) is 44.7 Å². The Morgan fingerprint density at radius 1 is 1.10 bits per heavy atom. The van der Waals surface area contributed by atoms with Gasteiger partial charge in [-0.1, -0.05) is 37.5 Å². The van der Waals surface area contributed by atoms with Gasteiger partial charge in [0.25, 0.3) is 0 Å². The second kappa shape index (κ2) is 7.44. The number of carbonyl (C=O) groups excluding carboxylic acids is 1. The maximum atomic E-state index is 12.2. The molecule has 20 heavy (non-hydrogen) atoms. The van der Waals surface area contributed by atoms with E-state index in [1.807, 2.05) is 37.3 Å². The number of rotatable bonds is 5. The van der Waals surface area contributed by atoms with E-state index < -0.39 is 0 Å². The van der Waals surface area contributed by atoms with E-state index in [-0.39, 0.29) is 11.9 Å². The number of amides is 1. The van der Waals surface area contributed by atoms with Crippen molar-refractivity contribution in [1.29, 1.82) is 0 Å². The molecule has 3 nitrogen and oxygen atoms in total. The molecule has 3 heteroatoms. The monoisotopic (exact) mass is 274 g/mol. The van der Waals surface area contributed by atoms with Crippen LogP contribution in [0.5, 0.6) is 0 Å². The fraction of sp³-hybridized carbons (Fsp3) is 0.588. The molecule has 1 aromatic carbocycles. The summed E-state index contributed by atoms with van der Waals surface area (Å²) < 4.78 is 0. The van der Waals surface area contributed by atoms with Crippen molar-refractivity contribution in [3.8, 4) is 0 Å². The molecule has 110 valence electrons. The second-order valence-electron chi connectivity index (χ2n) is 5.93. The minimum Gasteiger partial charge on any atom is -0.325 e. The molecule has 1 fully saturated rings. The maximum absolute atomic E-state index is 12.2. The third-order valence-corrected chi connectivity index (χ3v) is 4.30. The van der Waals surface area contributed by atoms with Crippen molar-refractivity contribution in [3.05, 3.63) is 30.3 Å². The van der Waals surface area contributed by atoms with Gasteiger partial charge in [0.1, 0.15) is 0 Å². The van der Waals surface area contributed by atoms with Crippen molar-refractivity contribution in [2.24, 2.45) is 5.92 Å². The molecular formula is C17H26N2O. The van der Waals surface area contributed by atoms with Crippen LogP contribution in [0.4, 0.5) is 5.69 Å². The normalized spacial score (nSPS) is 19.3. The van der Waals surface area contributed by atoms with E-state index in [0.717, 1.165) is 11.6 Å². The first kappa shape index (κ1) is 15.0. The van der Waals surface area contributed by atoms with Crippen molar-refractivity contribution in [1.82, 2.24) is 5.32 Å². The molecule has 0 heterocycles. The quantitative estimate of drug-likeness (QED) is 0.861. The van der Waals surface area contributed by atoms with Crippen molar-refractivity contribution in [2.75, 3.05) is 5.32 Å². The van der Waals surface area contributed by atoms with E-state index in [0.29, 0.717) is 6.04 Å². The van der Waals surface area contributed by atoms with Crippen molar-refractivity contribution >= 4 is 11.6 Å². The van der Waals surface area contributed by atoms with E-state index in [2.05, 4.69) is 17.6 Å². The zero-order chi connectivity index (χ0) is 14.4.